The molecule has 1 amide bonds. The summed E-state index contributed by atoms with van der Waals surface area (Å²) in [6, 6.07) is 10.4. The molecule has 1 aromatic heterocycles. The molecule has 1 fully saturated rings. The zero-order chi connectivity index (χ0) is 16.9. The maximum atomic E-state index is 12.2. The van der Waals surface area contributed by atoms with Crippen molar-refractivity contribution in [2.45, 2.75) is 19.3 Å². The molecule has 6 nitrogen and oxygen atoms in total. The molecule has 1 aromatic carbocycles. The number of ether oxygens (including phenoxy) is 2. The quantitative estimate of drug-likeness (QED) is 0.673. The standard InChI is InChI=1S/C18H18N2O4/c1-2-23-18(22)20-13-5-7-14(8-6-13)24-17(21)16-10-15(16)12-4-3-9-19-11-12/h3-9,11,15-16H,2,10H2,1H3,(H,20,22)/t15-,16+/m0/s1. The van der Waals surface area contributed by atoms with Crippen molar-refractivity contribution in [2.75, 3.05) is 11.9 Å². The van der Waals surface area contributed by atoms with Crippen LogP contribution in [0.2, 0.25) is 0 Å². The number of nitrogens with one attached hydrogen (secondary N) is 1. The second kappa shape index (κ2) is 7.12. The SMILES string of the molecule is CCOC(=O)Nc1ccc(OC(=O)[C@@H]2C[C@H]2c2cccnc2)cc1. The zero-order valence-electron chi connectivity index (χ0n) is 13.3. The van der Waals surface area contributed by atoms with Gasteiger partial charge < -0.3 is 9.47 Å². The van der Waals surface area contributed by atoms with Crippen molar-refractivity contribution in [3.63, 3.8) is 0 Å². The van der Waals surface area contributed by atoms with E-state index in [1.165, 1.54) is 0 Å². The smallest absolute Gasteiger partial charge is 0.411 e. The molecule has 0 radical (unpaired) electrons. The molecule has 6 heteroatoms. The minimum atomic E-state index is -0.514. The van der Waals surface area contributed by atoms with E-state index in [0.29, 0.717) is 18.0 Å². The first-order chi connectivity index (χ1) is 11.7. The van der Waals surface area contributed by atoms with Crippen LogP contribution in [0.3, 0.4) is 0 Å². The Morgan fingerprint density at radius 2 is 2.04 bits per heavy atom. The lowest BCUT2D eigenvalue weighted by Crippen LogP contribution is -2.13. The molecule has 1 heterocycles. The Labute approximate surface area is 139 Å². The molecule has 2 aromatic rings. The molecule has 1 aliphatic rings. The van der Waals surface area contributed by atoms with Gasteiger partial charge in [-0.3, -0.25) is 15.1 Å². The summed E-state index contributed by atoms with van der Waals surface area (Å²) in [5, 5.41) is 2.58. The number of aromatic nitrogens is 1. The van der Waals surface area contributed by atoms with Gasteiger partial charge >= 0.3 is 12.1 Å². The summed E-state index contributed by atoms with van der Waals surface area (Å²) >= 11 is 0. The van der Waals surface area contributed by atoms with Crippen LogP contribution in [0, 0.1) is 5.92 Å². The van der Waals surface area contributed by atoms with Crippen molar-refractivity contribution in [2.24, 2.45) is 5.92 Å². The Bertz CT molecular complexity index is 716. The molecule has 3 rings (SSSR count). The molecule has 0 bridgehead atoms. The number of amides is 1. The fraction of sp³-hybridized carbons (Fsp3) is 0.278. The minimum absolute atomic E-state index is 0.119. The van der Waals surface area contributed by atoms with Gasteiger partial charge in [0.1, 0.15) is 5.75 Å². The van der Waals surface area contributed by atoms with Crippen molar-refractivity contribution < 1.29 is 19.1 Å². The van der Waals surface area contributed by atoms with Crippen molar-refractivity contribution >= 4 is 17.7 Å². The molecule has 0 spiro atoms. The van der Waals surface area contributed by atoms with E-state index in [-0.39, 0.29) is 17.8 Å². The van der Waals surface area contributed by atoms with E-state index in [9.17, 15) is 9.59 Å². The third-order valence-corrected chi connectivity index (χ3v) is 3.80. The van der Waals surface area contributed by atoms with Gasteiger partial charge in [-0.15, -0.1) is 0 Å². The Balaban J connectivity index is 1.53. The Hall–Kier alpha value is -2.89. The third-order valence-electron chi connectivity index (χ3n) is 3.80. The largest absolute Gasteiger partial charge is 0.450 e. The first-order valence-electron chi connectivity index (χ1n) is 7.83. The molecule has 2 atom stereocenters. The fourth-order valence-electron chi connectivity index (χ4n) is 2.50. The number of hydrogen-bond acceptors (Lipinski definition) is 5. The average Bonchev–Trinajstić information content (AvgIpc) is 3.38. The Morgan fingerprint density at radius 3 is 2.71 bits per heavy atom. The lowest BCUT2D eigenvalue weighted by atomic mass is 10.1. The number of pyridine rings is 1. The maximum absolute atomic E-state index is 12.2. The number of nitrogens with zero attached hydrogens (tertiary/aromatic N) is 1. The molecule has 1 N–H and O–H groups in total. The number of hydrogen-bond donors (Lipinski definition) is 1. The molecule has 0 saturated heterocycles. The van der Waals surface area contributed by atoms with Gasteiger partial charge in [-0.2, -0.15) is 0 Å². The number of benzene rings is 1. The number of carbonyl (C=O) groups is 2. The van der Waals surface area contributed by atoms with Crippen molar-refractivity contribution in [3.8, 4) is 5.75 Å². The van der Waals surface area contributed by atoms with Gasteiger partial charge in [0.05, 0.1) is 12.5 Å². The molecule has 24 heavy (non-hydrogen) atoms. The van der Waals surface area contributed by atoms with E-state index in [1.807, 2.05) is 12.1 Å². The van der Waals surface area contributed by atoms with E-state index < -0.39 is 6.09 Å². The Kier molecular flexibility index (Phi) is 4.74. The van der Waals surface area contributed by atoms with Crippen LogP contribution in [0.25, 0.3) is 0 Å². The predicted octanol–water partition coefficient (Wildman–Crippen LogP) is 3.36. The third kappa shape index (κ3) is 3.90. The molecule has 1 saturated carbocycles. The minimum Gasteiger partial charge on any atom is -0.450 e. The summed E-state index contributed by atoms with van der Waals surface area (Å²) in [6.07, 6.45) is 3.77. The predicted molar refractivity (Wildman–Crippen MR) is 87.8 cm³/mol. The van der Waals surface area contributed by atoms with E-state index in [1.54, 1.807) is 43.6 Å². The first kappa shape index (κ1) is 16.0. The van der Waals surface area contributed by atoms with Crippen LogP contribution in [0.5, 0.6) is 5.75 Å². The molecular weight excluding hydrogens is 308 g/mol. The highest BCUT2D eigenvalue weighted by Crippen LogP contribution is 2.47. The summed E-state index contributed by atoms with van der Waals surface area (Å²) in [6.45, 7) is 2.04. The summed E-state index contributed by atoms with van der Waals surface area (Å²) in [5.74, 6) is 0.281. The lowest BCUT2D eigenvalue weighted by Gasteiger charge is -2.07. The second-order valence-corrected chi connectivity index (χ2v) is 5.53. The maximum Gasteiger partial charge on any atom is 0.411 e. The van der Waals surface area contributed by atoms with Gasteiger partial charge in [-0.1, -0.05) is 6.07 Å². The van der Waals surface area contributed by atoms with Crippen LogP contribution in [0.15, 0.2) is 48.8 Å². The van der Waals surface area contributed by atoms with E-state index in [0.717, 1.165) is 12.0 Å². The lowest BCUT2D eigenvalue weighted by molar-refractivity contribution is -0.135. The number of anilines is 1. The summed E-state index contributed by atoms with van der Waals surface area (Å²) in [7, 11) is 0. The van der Waals surface area contributed by atoms with Crippen molar-refractivity contribution in [1.82, 2.24) is 4.98 Å². The van der Waals surface area contributed by atoms with Crippen LogP contribution in [0.1, 0.15) is 24.8 Å². The number of esters is 1. The van der Waals surface area contributed by atoms with Crippen molar-refractivity contribution in [3.05, 3.63) is 54.4 Å². The number of rotatable bonds is 5. The monoisotopic (exact) mass is 326 g/mol. The summed E-state index contributed by atoms with van der Waals surface area (Å²) < 4.78 is 10.2. The van der Waals surface area contributed by atoms with Crippen LogP contribution < -0.4 is 10.1 Å². The topological polar surface area (TPSA) is 77.5 Å². The van der Waals surface area contributed by atoms with Crippen LogP contribution in [0.4, 0.5) is 10.5 Å². The van der Waals surface area contributed by atoms with Crippen LogP contribution >= 0.6 is 0 Å². The van der Waals surface area contributed by atoms with Gasteiger partial charge in [0.15, 0.2) is 0 Å². The highest BCUT2D eigenvalue weighted by molar-refractivity contribution is 5.85. The van der Waals surface area contributed by atoms with Gasteiger partial charge in [0.25, 0.3) is 0 Å². The number of carbonyl (C=O) groups excluding carboxylic acids is 2. The average molecular weight is 326 g/mol. The zero-order valence-corrected chi connectivity index (χ0v) is 13.3. The van der Waals surface area contributed by atoms with E-state index in [4.69, 9.17) is 9.47 Å². The van der Waals surface area contributed by atoms with Crippen molar-refractivity contribution in [1.29, 1.82) is 0 Å². The summed E-state index contributed by atoms with van der Waals surface area (Å²) in [4.78, 5) is 27.6. The molecular formula is C18H18N2O4. The van der Waals surface area contributed by atoms with Crippen LogP contribution in [-0.2, 0) is 9.53 Å². The summed E-state index contributed by atoms with van der Waals surface area (Å²) in [5.41, 5.74) is 1.64. The highest BCUT2D eigenvalue weighted by atomic mass is 16.5. The van der Waals surface area contributed by atoms with Gasteiger partial charge in [-0.05, 0) is 55.2 Å². The molecule has 1 aliphatic carbocycles. The molecule has 0 unspecified atom stereocenters. The molecule has 124 valence electrons. The van der Waals surface area contributed by atoms with Gasteiger partial charge in [-0.25, -0.2) is 4.79 Å². The highest BCUT2D eigenvalue weighted by Gasteiger charge is 2.45. The first-order valence-corrected chi connectivity index (χ1v) is 7.83. The van der Waals surface area contributed by atoms with Crippen LogP contribution in [-0.4, -0.2) is 23.7 Å². The van der Waals surface area contributed by atoms with E-state index in [2.05, 4.69) is 10.3 Å². The fourth-order valence-corrected chi connectivity index (χ4v) is 2.50. The second-order valence-electron chi connectivity index (χ2n) is 5.53. The van der Waals surface area contributed by atoms with Gasteiger partial charge in [0, 0.05) is 18.1 Å². The van der Waals surface area contributed by atoms with Gasteiger partial charge in [0.2, 0.25) is 0 Å². The normalized spacial score (nSPS) is 18.5. The Morgan fingerprint density at radius 1 is 1.25 bits per heavy atom. The molecule has 0 aliphatic heterocycles. The van der Waals surface area contributed by atoms with E-state index >= 15 is 0 Å².